The first-order valence-electron chi connectivity index (χ1n) is 11.1. The van der Waals surface area contributed by atoms with Gasteiger partial charge in [0.15, 0.2) is 23.0 Å². The third kappa shape index (κ3) is 4.84. The van der Waals surface area contributed by atoms with E-state index in [-0.39, 0.29) is 5.91 Å². The smallest absolute Gasteiger partial charge is 0.254 e. The zero-order valence-electron chi connectivity index (χ0n) is 20.5. The summed E-state index contributed by atoms with van der Waals surface area (Å²) in [6, 6.07) is 20.7. The van der Waals surface area contributed by atoms with Crippen molar-refractivity contribution in [3.8, 4) is 34.3 Å². The Labute approximate surface area is 204 Å². The van der Waals surface area contributed by atoms with E-state index >= 15 is 0 Å². The third-order valence-electron chi connectivity index (χ3n) is 5.84. The number of aromatic nitrogens is 1. The first-order chi connectivity index (χ1) is 17.0. The lowest BCUT2D eigenvalue weighted by atomic mass is 10.0. The Bertz CT molecular complexity index is 1370. The van der Waals surface area contributed by atoms with Gasteiger partial charge in [0.25, 0.3) is 5.91 Å². The molecular formula is C28H28N2O5. The van der Waals surface area contributed by atoms with Crippen LogP contribution in [0.5, 0.6) is 23.0 Å². The lowest BCUT2D eigenvalue weighted by Gasteiger charge is -2.20. The number of hydrogen-bond donors (Lipinski definition) is 0. The Morgan fingerprint density at radius 2 is 1.40 bits per heavy atom. The maximum atomic E-state index is 13.6. The molecule has 0 aliphatic heterocycles. The number of para-hydroxylation sites is 1. The van der Waals surface area contributed by atoms with Crippen LogP contribution in [0.15, 0.2) is 66.7 Å². The van der Waals surface area contributed by atoms with E-state index in [1.165, 1.54) is 0 Å². The maximum absolute atomic E-state index is 13.6. The highest BCUT2D eigenvalue weighted by Gasteiger charge is 2.19. The largest absolute Gasteiger partial charge is 0.493 e. The van der Waals surface area contributed by atoms with Crippen LogP contribution in [0.25, 0.3) is 22.2 Å². The highest BCUT2D eigenvalue weighted by atomic mass is 16.5. The van der Waals surface area contributed by atoms with Gasteiger partial charge in [-0.05, 0) is 48.0 Å². The van der Waals surface area contributed by atoms with Crippen LogP contribution in [0.4, 0.5) is 0 Å². The molecule has 1 amide bonds. The van der Waals surface area contributed by atoms with E-state index in [0.29, 0.717) is 40.8 Å². The van der Waals surface area contributed by atoms with Crippen LogP contribution in [-0.2, 0) is 6.54 Å². The number of rotatable bonds is 8. The number of carbonyl (C=O) groups is 1. The summed E-state index contributed by atoms with van der Waals surface area (Å²) >= 11 is 0. The van der Waals surface area contributed by atoms with Crippen LogP contribution >= 0.6 is 0 Å². The molecule has 0 bridgehead atoms. The molecule has 0 unspecified atom stereocenters. The molecule has 7 heteroatoms. The van der Waals surface area contributed by atoms with E-state index in [1.807, 2.05) is 66.7 Å². The Kier molecular flexibility index (Phi) is 7.06. The lowest BCUT2D eigenvalue weighted by molar-refractivity contribution is 0.0787. The van der Waals surface area contributed by atoms with E-state index < -0.39 is 0 Å². The van der Waals surface area contributed by atoms with E-state index in [0.717, 1.165) is 22.0 Å². The highest BCUT2D eigenvalue weighted by Crippen LogP contribution is 2.33. The van der Waals surface area contributed by atoms with Gasteiger partial charge in [0, 0.05) is 24.5 Å². The molecule has 0 spiro atoms. The molecule has 0 fully saturated rings. The molecule has 0 N–H and O–H groups in total. The SMILES string of the molecule is COc1ccc(CN(C)C(=O)c2cc(-c3ccc(OC)c(OC)c3)nc3ccccc23)cc1OC. The number of amides is 1. The first kappa shape index (κ1) is 23.9. The van der Waals surface area contributed by atoms with Crippen molar-refractivity contribution in [1.82, 2.24) is 9.88 Å². The summed E-state index contributed by atoms with van der Waals surface area (Å²) in [6.07, 6.45) is 0. The van der Waals surface area contributed by atoms with Crippen molar-refractivity contribution >= 4 is 16.8 Å². The molecule has 180 valence electrons. The first-order valence-corrected chi connectivity index (χ1v) is 11.1. The summed E-state index contributed by atoms with van der Waals surface area (Å²) in [6.45, 7) is 0.404. The zero-order valence-corrected chi connectivity index (χ0v) is 20.5. The van der Waals surface area contributed by atoms with E-state index in [1.54, 1.807) is 40.4 Å². The van der Waals surface area contributed by atoms with Crippen molar-refractivity contribution in [2.45, 2.75) is 6.54 Å². The summed E-state index contributed by atoms with van der Waals surface area (Å²) in [4.78, 5) is 20.1. The molecule has 0 radical (unpaired) electrons. The number of nitrogens with zero attached hydrogens (tertiary/aromatic N) is 2. The molecule has 0 saturated heterocycles. The molecule has 1 heterocycles. The van der Waals surface area contributed by atoms with Crippen molar-refractivity contribution in [3.05, 3.63) is 77.9 Å². The number of pyridine rings is 1. The van der Waals surface area contributed by atoms with Gasteiger partial charge >= 0.3 is 0 Å². The summed E-state index contributed by atoms with van der Waals surface area (Å²) < 4.78 is 21.5. The number of carbonyl (C=O) groups excluding carboxylic acids is 1. The van der Waals surface area contributed by atoms with E-state index in [9.17, 15) is 4.79 Å². The molecule has 0 aliphatic rings. The fourth-order valence-corrected chi connectivity index (χ4v) is 4.03. The number of methoxy groups -OCH3 is 4. The van der Waals surface area contributed by atoms with Crippen LogP contribution in [0, 0.1) is 0 Å². The molecular weight excluding hydrogens is 444 g/mol. The van der Waals surface area contributed by atoms with Crippen molar-refractivity contribution in [2.24, 2.45) is 0 Å². The molecule has 3 aromatic carbocycles. The fraction of sp³-hybridized carbons (Fsp3) is 0.214. The van der Waals surface area contributed by atoms with Gasteiger partial charge < -0.3 is 23.8 Å². The van der Waals surface area contributed by atoms with Crippen molar-refractivity contribution in [1.29, 1.82) is 0 Å². The minimum atomic E-state index is -0.111. The molecule has 4 rings (SSSR count). The fourth-order valence-electron chi connectivity index (χ4n) is 4.03. The van der Waals surface area contributed by atoms with Gasteiger partial charge in [-0.2, -0.15) is 0 Å². The van der Waals surface area contributed by atoms with E-state index in [2.05, 4.69) is 0 Å². The molecule has 35 heavy (non-hydrogen) atoms. The minimum Gasteiger partial charge on any atom is -0.493 e. The third-order valence-corrected chi connectivity index (χ3v) is 5.84. The second-order valence-corrected chi connectivity index (χ2v) is 7.99. The molecule has 0 atom stereocenters. The van der Waals surface area contributed by atoms with Crippen LogP contribution in [0.1, 0.15) is 15.9 Å². The van der Waals surface area contributed by atoms with Gasteiger partial charge in [-0.3, -0.25) is 4.79 Å². The number of ether oxygens (including phenoxy) is 4. The van der Waals surface area contributed by atoms with Crippen molar-refractivity contribution in [2.75, 3.05) is 35.5 Å². The number of fused-ring (bicyclic) bond motifs is 1. The van der Waals surface area contributed by atoms with Gasteiger partial charge in [0.1, 0.15) is 0 Å². The second-order valence-electron chi connectivity index (χ2n) is 7.99. The highest BCUT2D eigenvalue weighted by molar-refractivity contribution is 6.07. The molecule has 7 nitrogen and oxygen atoms in total. The standard InChI is InChI=1S/C28H28N2O5/c1-30(17-18-10-12-24(32-2)26(14-18)34-4)28(31)21-16-23(29-22-9-7-6-8-20(21)22)19-11-13-25(33-3)27(15-19)35-5/h6-16H,17H2,1-5H3. The Hall–Kier alpha value is -4.26. The average Bonchev–Trinajstić information content (AvgIpc) is 2.91. The Balaban J connectivity index is 1.72. The van der Waals surface area contributed by atoms with E-state index in [4.69, 9.17) is 23.9 Å². The maximum Gasteiger partial charge on any atom is 0.254 e. The Morgan fingerprint density at radius 3 is 2.09 bits per heavy atom. The molecule has 0 aliphatic carbocycles. The summed E-state index contributed by atoms with van der Waals surface area (Å²) in [5.41, 5.74) is 3.74. The second kappa shape index (κ2) is 10.3. The monoisotopic (exact) mass is 472 g/mol. The predicted octanol–water partition coefficient (Wildman–Crippen LogP) is 5.21. The topological polar surface area (TPSA) is 70.1 Å². The quantitative estimate of drug-likeness (QED) is 0.351. The van der Waals surface area contributed by atoms with Crippen LogP contribution < -0.4 is 18.9 Å². The van der Waals surface area contributed by atoms with Gasteiger partial charge in [-0.15, -0.1) is 0 Å². The van der Waals surface area contributed by atoms with Crippen LogP contribution in [-0.4, -0.2) is 51.3 Å². The van der Waals surface area contributed by atoms with Gasteiger partial charge in [0.2, 0.25) is 0 Å². The van der Waals surface area contributed by atoms with Gasteiger partial charge in [0.05, 0.1) is 45.2 Å². The normalized spacial score (nSPS) is 10.7. The average molecular weight is 473 g/mol. The van der Waals surface area contributed by atoms with Crippen LogP contribution in [0.2, 0.25) is 0 Å². The van der Waals surface area contributed by atoms with Gasteiger partial charge in [-0.25, -0.2) is 4.98 Å². The van der Waals surface area contributed by atoms with Gasteiger partial charge in [-0.1, -0.05) is 24.3 Å². The zero-order chi connectivity index (χ0) is 24.9. The summed E-state index contributed by atoms with van der Waals surface area (Å²) in [5.74, 6) is 2.38. The summed E-state index contributed by atoms with van der Waals surface area (Å²) in [7, 11) is 8.15. The van der Waals surface area contributed by atoms with Crippen LogP contribution in [0.3, 0.4) is 0 Å². The van der Waals surface area contributed by atoms with Crippen molar-refractivity contribution in [3.63, 3.8) is 0 Å². The Morgan fingerprint density at radius 1 is 0.771 bits per heavy atom. The number of benzene rings is 3. The summed E-state index contributed by atoms with van der Waals surface area (Å²) in [5, 5.41) is 0.792. The molecule has 1 aromatic heterocycles. The van der Waals surface area contributed by atoms with Crippen molar-refractivity contribution < 1.29 is 23.7 Å². The lowest BCUT2D eigenvalue weighted by Crippen LogP contribution is -2.26. The predicted molar refractivity (Wildman–Crippen MR) is 136 cm³/mol. The molecule has 0 saturated carbocycles. The molecule has 4 aromatic rings. The number of hydrogen-bond acceptors (Lipinski definition) is 6. The minimum absolute atomic E-state index is 0.111.